The van der Waals surface area contributed by atoms with E-state index in [-0.39, 0.29) is 11.5 Å². The molecule has 0 aliphatic heterocycles. The molecule has 0 aromatic carbocycles. The lowest BCUT2D eigenvalue weighted by molar-refractivity contribution is -0.189. The summed E-state index contributed by atoms with van der Waals surface area (Å²) in [4.78, 5) is 31.9. The predicted molar refractivity (Wildman–Crippen MR) is 57.5 cm³/mol. The fraction of sp³-hybridized carbons (Fsp3) is 0.667. The number of carbonyl (C=O) groups excluding carboxylic acids is 2. The van der Waals surface area contributed by atoms with E-state index in [9.17, 15) is 23.2 Å². The van der Waals surface area contributed by atoms with Gasteiger partial charge in [-0.1, -0.05) is 0 Å². The van der Waals surface area contributed by atoms with Crippen molar-refractivity contribution in [3.63, 3.8) is 0 Å². The summed E-state index contributed by atoms with van der Waals surface area (Å²) in [5.41, 5.74) is 0. The normalized spacial score (nSPS) is 12.7. The zero-order chi connectivity index (χ0) is 14.3. The van der Waals surface area contributed by atoms with Gasteiger partial charge in [0.25, 0.3) is 0 Å². The lowest BCUT2D eigenvalue weighted by atomic mass is 10.2. The number of carboxylic acids is 1. The molecule has 0 aliphatic rings. The van der Waals surface area contributed by atoms with E-state index < -0.39 is 29.9 Å². The Labute approximate surface area is 106 Å². The number of carbonyl (C=O) groups is 3. The van der Waals surface area contributed by atoms with E-state index in [2.05, 4.69) is 9.47 Å². The third-order valence-electron chi connectivity index (χ3n) is 1.77. The van der Waals surface area contributed by atoms with Crippen LogP contribution in [0, 0.1) is 0 Å². The summed E-state index contributed by atoms with van der Waals surface area (Å²) in [6.07, 6.45) is -2.08. The second-order valence-electron chi connectivity index (χ2n) is 3.13. The Kier molecular flexibility index (Phi) is 6.60. The van der Waals surface area contributed by atoms with Crippen LogP contribution >= 0.6 is 11.8 Å². The van der Waals surface area contributed by atoms with E-state index in [1.165, 1.54) is 0 Å². The second kappa shape index (κ2) is 7.14. The highest BCUT2D eigenvalue weighted by molar-refractivity contribution is 8.00. The van der Waals surface area contributed by atoms with Crippen LogP contribution in [0.15, 0.2) is 0 Å². The van der Waals surface area contributed by atoms with Gasteiger partial charge in [-0.15, -0.1) is 11.8 Å². The minimum absolute atomic E-state index is 0.130. The predicted octanol–water partition coefficient (Wildman–Crippen LogP) is 0.544. The topological polar surface area (TPSA) is 89.9 Å². The molecule has 0 aromatic rings. The summed E-state index contributed by atoms with van der Waals surface area (Å²) in [5.74, 6) is -8.60. The second-order valence-corrected chi connectivity index (χ2v) is 4.11. The molecule has 0 saturated carbocycles. The van der Waals surface area contributed by atoms with Crippen molar-refractivity contribution >= 4 is 29.7 Å². The molecule has 0 bridgehead atoms. The first-order valence-electron chi connectivity index (χ1n) is 4.67. The van der Waals surface area contributed by atoms with Gasteiger partial charge in [-0.25, -0.2) is 4.79 Å². The molecular formula is C9H12F2O6S. The van der Waals surface area contributed by atoms with Crippen molar-refractivity contribution in [2.75, 3.05) is 18.6 Å². The fourth-order valence-corrected chi connectivity index (χ4v) is 1.38. The van der Waals surface area contributed by atoms with Crippen LogP contribution in [0.3, 0.4) is 0 Å². The highest BCUT2D eigenvalue weighted by atomic mass is 32.2. The molecule has 1 atom stereocenters. The van der Waals surface area contributed by atoms with E-state index in [4.69, 9.17) is 5.11 Å². The standard InChI is InChI=1S/C9H12F2O6S/c1-5(9(10,11)8(14)15)17-7(13)4-18-3-6(12)16-2/h5H,3-4H2,1-2H3,(H,14,15). The van der Waals surface area contributed by atoms with E-state index >= 15 is 0 Å². The van der Waals surface area contributed by atoms with Gasteiger partial charge < -0.3 is 14.6 Å². The van der Waals surface area contributed by atoms with Gasteiger partial charge in [0.2, 0.25) is 0 Å². The number of rotatable bonds is 7. The van der Waals surface area contributed by atoms with Crippen molar-refractivity contribution in [2.45, 2.75) is 19.0 Å². The quantitative estimate of drug-likeness (QED) is 0.683. The van der Waals surface area contributed by atoms with E-state index in [0.29, 0.717) is 0 Å². The molecule has 0 aromatic heterocycles. The van der Waals surface area contributed by atoms with Gasteiger partial charge in [0.15, 0.2) is 6.10 Å². The van der Waals surface area contributed by atoms with E-state index in [1.54, 1.807) is 0 Å². The van der Waals surface area contributed by atoms with E-state index in [0.717, 1.165) is 25.8 Å². The first-order valence-corrected chi connectivity index (χ1v) is 5.82. The van der Waals surface area contributed by atoms with Gasteiger partial charge in [-0.2, -0.15) is 8.78 Å². The van der Waals surface area contributed by atoms with Crippen molar-refractivity contribution in [1.29, 1.82) is 0 Å². The molecule has 104 valence electrons. The van der Waals surface area contributed by atoms with Crippen LogP contribution in [0.2, 0.25) is 0 Å². The Bertz CT molecular complexity index is 333. The molecule has 9 heteroatoms. The summed E-state index contributed by atoms with van der Waals surface area (Å²) >= 11 is 0.814. The third-order valence-corrected chi connectivity index (χ3v) is 2.65. The monoisotopic (exact) mass is 286 g/mol. The number of hydrogen-bond donors (Lipinski definition) is 1. The lowest BCUT2D eigenvalue weighted by Gasteiger charge is -2.19. The maximum Gasteiger partial charge on any atom is 0.378 e. The van der Waals surface area contributed by atoms with Crippen LogP contribution < -0.4 is 0 Å². The van der Waals surface area contributed by atoms with Crippen molar-refractivity contribution in [3.05, 3.63) is 0 Å². The third kappa shape index (κ3) is 5.30. The Morgan fingerprint density at radius 1 is 1.28 bits per heavy atom. The van der Waals surface area contributed by atoms with Gasteiger partial charge in [0, 0.05) is 0 Å². The summed E-state index contributed by atoms with van der Waals surface area (Å²) < 4.78 is 34.2. The SMILES string of the molecule is COC(=O)CSCC(=O)OC(C)C(F)(F)C(=O)O. The zero-order valence-corrected chi connectivity index (χ0v) is 10.5. The number of ether oxygens (including phenoxy) is 2. The molecule has 0 aliphatic carbocycles. The first kappa shape index (κ1) is 16.6. The molecular weight excluding hydrogens is 274 g/mol. The molecule has 0 rings (SSSR count). The highest BCUT2D eigenvalue weighted by Gasteiger charge is 2.47. The smallest absolute Gasteiger partial charge is 0.378 e. The summed E-state index contributed by atoms with van der Waals surface area (Å²) in [5, 5.41) is 8.20. The molecule has 0 saturated heterocycles. The van der Waals surface area contributed by atoms with Crippen molar-refractivity contribution < 1.29 is 37.7 Å². The average molecular weight is 286 g/mol. The number of halogens is 2. The average Bonchev–Trinajstić information content (AvgIpc) is 2.28. The first-order chi connectivity index (χ1) is 8.21. The minimum Gasteiger partial charge on any atom is -0.477 e. The highest BCUT2D eigenvalue weighted by Crippen LogP contribution is 2.21. The number of aliphatic carboxylic acids is 1. The molecule has 1 unspecified atom stereocenters. The molecule has 0 fully saturated rings. The van der Waals surface area contributed by atoms with Gasteiger partial charge >= 0.3 is 23.8 Å². The van der Waals surface area contributed by atoms with Crippen LogP contribution in [0.25, 0.3) is 0 Å². The van der Waals surface area contributed by atoms with Gasteiger partial charge in [0.05, 0.1) is 18.6 Å². The Hall–Kier alpha value is -1.38. The number of carboxylic acid groups (broad SMARTS) is 1. The molecule has 18 heavy (non-hydrogen) atoms. The summed E-state index contributed by atoms with van der Waals surface area (Å²) in [7, 11) is 1.16. The van der Waals surface area contributed by atoms with Crippen LogP contribution in [-0.2, 0) is 23.9 Å². The molecule has 0 spiro atoms. The maximum atomic E-state index is 12.8. The number of hydrogen-bond acceptors (Lipinski definition) is 6. The van der Waals surface area contributed by atoms with Crippen LogP contribution in [0.1, 0.15) is 6.92 Å². The van der Waals surface area contributed by atoms with Crippen molar-refractivity contribution in [1.82, 2.24) is 0 Å². The van der Waals surface area contributed by atoms with Crippen LogP contribution in [-0.4, -0.2) is 53.7 Å². The minimum atomic E-state index is -4.15. The number of alkyl halides is 2. The van der Waals surface area contributed by atoms with Gasteiger partial charge in [-0.05, 0) is 6.92 Å². The summed E-state index contributed by atoms with van der Waals surface area (Å²) in [6, 6.07) is 0. The number of methoxy groups -OCH3 is 1. The largest absolute Gasteiger partial charge is 0.477 e. The van der Waals surface area contributed by atoms with E-state index in [1.807, 2.05) is 0 Å². The molecule has 1 N–H and O–H groups in total. The van der Waals surface area contributed by atoms with Gasteiger partial charge in [-0.3, -0.25) is 9.59 Å². The Morgan fingerprint density at radius 3 is 2.22 bits per heavy atom. The molecule has 0 amide bonds. The molecule has 0 heterocycles. The summed E-state index contributed by atoms with van der Waals surface area (Å²) in [6.45, 7) is 0.775. The van der Waals surface area contributed by atoms with Gasteiger partial charge in [0.1, 0.15) is 0 Å². The Balaban J connectivity index is 4.09. The van der Waals surface area contributed by atoms with Crippen LogP contribution in [0.5, 0.6) is 0 Å². The zero-order valence-electron chi connectivity index (χ0n) is 9.64. The maximum absolute atomic E-state index is 12.8. The Morgan fingerprint density at radius 2 is 1.78 bits per heavy atom. The number of thioether (sulfide) groups is 1. The van der Waals surface area contributed by atoms with Crippen LogP contribution in [0.4, 0.5) is 8.78 Å². The molecule has 0 radical (unpaired) electrons. The molecule has 6 nitrogen and oxygen atoms in total. The lowest BCUT2D eigenvalue weighted by Crippen LogP contribution is -2.42. The fourth-order valence-electron chi connectivity index (χ4n) is 0.756. The van der Waals surface area contributed by atoms with Crippen molar-refractivity contribution in [2.24, 2.45) is 0 Å². The number of esters is 2. The van der Waals surface area contributed by atoms with Crippen molar-refractivity contribution in [3.8, 4) is 0 Å².